The molecule has 3 aromatic rings. The summed E-state index contributed by atoms with van der Waals surface area (Å²) in [4.78, 5) is 27.1. The summed E-state index contributed by atoms with van der Waals surface area (Å²) in [6.45, 7) is 1.75. The van der Waals surface area contributed by atoms with Crippen LogP contribution in [0.4, 0.5) is 4.79 Å². The molecule has 1 saturated heterocycles. The Morgan fingerprint density at radius 3 is 2.33 bits per heavy atom. The number of imide groups is 1. The minimum atomic E-state index is -1.19. The lowest BCUT2D eigenvalue weighted by molar-refractivity contribution is -0.131. The van der Waals surface area contributed by atoms with E-state index in [9.17, 15) is 9.59 Å². The molecule has 0 unspecified atom stereocenters. The van der Waals surface area contributed by atoms with E-state index in [4.69, 9.17) is 10.00 Å². The van der Waals surface area contributed by atoms with Crippen LogP contribution in [-0.4, -0.2) is 16.8 Å². The third kappa shape index (κ3) is 3.49. The molecule has 30 heavy (non-hydrogen) atoms. The maximum absolute atomic E-state index is 13.2. The number of carbonyl (C=O) groups excluding carboxylic acids is 2. The highest BCUT2D eigenvalue weighted by Gasteiger charge is 2.49. The summed E-state index contributed by atoms with van der Waals surface area (Å²) >= 11 is 0. The van der Waals surface area contributed by atoms with Crippen molar-refractivity contribution in [3.8, 4) is 17.6 Å². The highest BCUT2D eigenvalue weighted by molar-refractivity contribution is 6.07. The fourth-order valence-electron chi connectivity index (χ4n) is 3.43. The lowest BCUT2D eigenvalue weighted by Gasteiger charge is -2.22. The van der Waals surface area contributed by atoms with Gasteiger partial charge in [-0.3, -0.25) is 9.69 Å². The molecule has 0 aliphatic carbocycles. The summed E-state index contributed by atoms with van der Waals surface area (Å²) in [7, 11) is 0. The first-order valence-corrected chi connectivity index (χ1v) is 9.47. The molecule has 148 valence electrons. The minimum Gasteiger partial charge on any atom is -0.457 e. The molecule has 0 saturated carbocycles. The van der Waals surface area contributed by atoms with Gasteiger partial charge in [-0.2, -0.15) is 5.26 Å². The Kier molecular flexibility index (Phi) is 4.95. The second-order valence-electron chi connectivity index (χ2n) is 7.16. The van der Waals surface area contributed by atoms with Crippen molar-refractivity contribution >= 4 is 11.9 Å². The van der Waals surface area contributed by atoms with Crippen LogP contribution >= 0.6 is 0 Å². The Morgan fingerprint density at radius 1 is 0.967 bits per heavy atom. The van der Waals surface area contributed by atoms with Crippen molar-refractivity contribution in [3.63, 3.8) is 0 Å². The number of hydrogen-bond acceptors (Lipinski definition) is 4. The Bertz CT molecular complexity index is 1140. The van der Waals surface area contributed by atoms with Gasteiger partial charge in [0, 0.05) is 5.56 Å². The van der Waals surface area contributed by atoms with Crippen molar-refractivity contribution in [1.29, 1.82) is 5.26 Å². The van der Waals surface area contributed by atoms with E-state index in [1.54, 1.807) is 37.3 Å². The van der Waals surface area contributed by atoms with Gasteiger partial charge in [0.15, 0.2) is 0 Å². The van der Waals surface area contributed by atoms with Gasteiger partial charge < -0.3 is 10.1 Å². The van der Waals surface area contributed by atoms with Crippen LogP contribution in [0.25, 0.3) is 0 Å². The number of nitrogens with one attached hydrogen (secondary N) is 1. The van der Waals surface area contributed by atoms with E-state index < -0.39 is 11.6 Å². The summed E-state index contributed by atoms with van der Waals surface area (Å²) < 4.78 is 5.95. The highest BCUT2D eigenvalue weighted by atomic mass is 16.5. The molecule has 6 nitrogen and oxygen atoms in total. The molecule has 3 aromatic carbocycles. The number of hydrogen-bond donors (Lipinski definition) is 1. The van der Waals surface area contributed by atoms with Gasteiger partial charge in [-0.15, -0.1) is 0 Å². The number of para-hydroxylation sites is 2. The zero-order chi connectivity index (χ0) is 21.1. The number of rotatable bonds is 5. The number of carbonyl (C=O) groups is 2. The number of benzene rings is 3. The highest BCUT2D eigenvalue weighted by Crippen LogP contribution is 2.32. The monoisotopic (exact) mass is 397 g/mol. The van der Waals surface area contributed by atoms with Crippen LogP contribution in [0, 0.1) is 11.3 Å². The smallest absolute Gasteiger partial charge is 0.325 e. The molecule has 0 radical (unpaired) electrons. The van der Waals surface area contributed by atoms with Crippen molar-refractivity contribution in [2.75, 3.05) is 0 Å². The average molecular weight is 397 g/mol. The predicted octanol–water partition coefficient (Wildman–Crippen LogP) is 4.32. The molecule has 1 aliphatic heterocycles. The zero-order valence-corrected chi connectivity index (χ0v) is 16.3. The van der Waals surface area contributed by atoms with Gasteiger partial charge in [0.25, 0.3) is 5.91 Å². The van der Waals surface area contributed by atoms with E-state index in [0.29, 0.717) is 28.2 Å². The molecule has 0 aromatic heterocycles. The Balaban J connectivity index is 1.59. The van der Waals surface area contributed by atoms with E-state index in [0.717, 1.165) is 0 Å². The molecule has 1 heterocycles. The van der Waals surface area contributed by atoms with Gasteiger partial charge in [0.05, 0.1) is 18.2 Å². The Labute approximate surface area is 174 Å². The predicted molar refractivity (Wildman–Crippen MR) is 111 cm³/mol. The van der Waals surface area contributed by atoms with Crippen molar-refractivity contribution in [1.82, 2.24) is 10.2 Å². The Hall–Kier alpha value is -4.11. The van der Waals surface area contributed by atoms with Gasteiger partial charge in [0.2, 0.25) is 0 Å². The lowest BCUT2D eigenvalue weighted by atomic mass is 9.91. The summed E-state index contributed by atoms with van der Waals surface area (Å²) in [5.74, 6) is 0.896. The second-order valence-corrected chi connectivity index (χ2v) is 7.16. The number of amides is 3. The molecular formula is C24H19N3O3. The maximum Gasteiger partial charge on any atom is 0.325 e. The quantitative estimate of drug-likeness (QED) is 0.650. The topological polar surface area (TPSA) is 82.4 Å². The number of nitriles is 1. The first kappa shape index (κ1) is 19.2. The lowest BCUT2D eigenvalue weighted by Crippen LogP contribution is -2.40. The van der Waals surface area contributed by atoms with Crippen molar-refractivity contribution in [3.05, 3.63) is 95.6 Å². The van der Waals surface area contributed by atoms with Crippen LogP contribution < -0.4 is 10.1 Å². The van der Waals surface area contributed by atoms with Crippen LogP contribution in [0.5, 0.6) is 11.5 Å². The number of nitrogens with zero attached hydrogens (tertiary/aromatic N) is 2. The fourth-order valence-corrected chi connectivity index (χ4v) is 3.43. The Morgan fingerprint density at radius 2 is 1.63 bits per heavy atom. The van der Waals surface area contributed by atoms with Gasteiger partial charge in [-0.1, -0.05) is 48.5 Å². The molecule has 4 rings (SSSR count). The summed E-state index contributed by atoms with van der Waals surface area (Å²) in [6.07, 6.45) is 0. The molecule has 6 heteroatoms. The fraction of sp³-hybridized carbons (Fsp3) is 0.125. The van der Waals surface area contributed by atoms with Crippen molar-refractivity contribution in [2.24, 2.45) is 0 Å². The van der Waals surface area contributed by atoms with Gasteiger partial charge in [-0.05, 0) is 42.8 Å². The average Bonchev–Trinajstić information content (AvgIpc) is 2.99. The maximum atomic E-state index is 13.2. The zero-order valence-electron chi connectivity index (χ0n) is 16.3. The third-order valence-electron chi connectivity index (χ3n) is 5.14. The number of urea groups is 1. The van der Waals surface area contributed by atoms with Crippen molar-refractivity contribution in [2.45, 2.75) is 19.0 Å². The van der Waals surface area contributed by atoms with E-state index in [-0.39, 0.29) is 12.5 Å². The molecule has 1 atom stereocenters. The molecule has 3 amide bonds. The van der Waals surface area contributed by atoms with Gasteiger partial charge >= 0.3 is 6.03 Å². The SMILES string of the molecule is C[C@]1(c2ccc(C#N)cc2)NC(=O)N(Cc2ccccc2Oc2ccccc2)C1=O. The van der Waals surface area contributed by atoms with E-state index in [2.05, 4.69) is 5.32 Å². The summed E-state index contributed by atoms with van der Waals surface area (Å²) in [5.41, 5.74) is 0.633. The van der Waals surface area contributed by atoms with E-state index in [1.165, 1.54) is 4.90 Å². The van der Waals surface area contributed by atoms with Gasteiger partial charge in [-0.25, -0.2) is 4.79 Å². The largest absolute Gasteiger partial charge is 0.457 e. The first-order chi connectivity index (χ1) is 14.5. The standard InChI is InChI=1S/C24H19N3O3/c1-24(19-13-11-17(15-25)12-14-19)22(28)27(23(29)26-24)16-18-7-5-6-10-21(18)30-20-8-3-2-4-9-20/h2-14H,16H2,1H3,(H,26,29)/t24-/m1/s1. The molecule has 1 aliphatic rings. The second kappa shape index (κ2) is 7.72. The van der Waals surface area contributed by atoms with Crippen LogP contribution in [0.2, 0.25) is 0 Å². The molecule has 0 bridgehead atoms. The van der Waals surface area contributed by atoms with Crippen LogP contribution in [-0.2, 0) is 16.9 Å². The van der Waals surface area contributed by atoms with Gasteiger partial charge in [0.1, 0.15) is 17.0 Å². The van der Waals surface area contributed by atoms with E-state index >= 15 is 0 Å². The minimum absolute atomic E-state index is 0.0829. The summed E-state index contributed by atoms with van der Waals surface area (Å²) in [6, 6.07) is 24.9. The molecular weight excluding hydrogens is 378 g/mol. The molecule has 1 N–H and O–H groups in total. The van der Waals surface area contributed by atoms with E-state index in [1.807, 2.05) is 54.6 Å². The first-order valence-electron chi connectivity index (χ1n) is 9.47. The summed E-state index contributed by atoms with van der Waals surface area (Å²) in [5, 5.41) is 11.8. The molecule has 0 spiro atoms. The normalized spacial score (nSPS) is 18.1. The van der Waals surface area contributed by atoms with Crippen LogP contribution in [0.1, 0.15) is 23.6 Å². The number of ether oxygens (including phenoxy) is 1. The molecule has 1 fully saturated rings. The van der Waals surface area contributed by atoms with Crippen LogP contribution in [0.3, 0.4) is 0 Å². The van der Waals surface area contributed by atoms with Crippen molar-refractivity contribution < 1.29 is 14.3 Å². The third-order valence-corrected chi connectivity index (χ3v) is 5.14. The van der Waals surface area contributed by atoms with Crippen LogP contribution in [0.15, 0.2) is 78.9 Å².